The lowest BCUT2D eigenvalue weighted by Crippen LogP contribution is -2.27. The number of nitrogens with zero attached hydrogens (tertiary/aromatic N) is 12. The van der Waals surface area contributed by atoms with Crippen molar-refractivity contribution in [1.82, 2.24) is 107 Å². The van der Waals surface area contributed by atoms with Crippen LogP contribution in [0, 0.1) is 17.6 Å². The number of benzene rings is 10. The Morgan fingerprint density at radius 1 is 0.353 bits per heavy atom. The van der Waals surface area contributed by atoms with Gasteiger partial charge in [-0.05, 0) is 207 Å². The maximum Gasteiger partial charge on any atom is 0.291 e. The van der Waals surface area contributed by atoms with E-state index in [2.05, 4.69) is 123 Å². The Hall–Kier alpha value is -16.4. The van der Waals surface area contributed by atoms with Gasteiger partial charge in [-0.25, -0.2) is 28.7 Å². The molecule has 1 saturated heterocycles. The summed E-state index contributed by atoms with van der Waals surface area (Å²) in [7, 11) is 0. The molecule has 9 aromatic heterocycles. The van der Waals surface area contributed by atoms with Crippen LogP contribution in [0.4, 0.5) is 25.8 Å². The van der Waals surface area contributed by atoms with E-state index in [0.29, 0.717) is 69.5 Å². The van der Waals surface area contributed by atoms with Crippen LogP contribution in [0.15, 0.2) is 267 Å². The molecule has 119 heavy (non-hydrogen) atoms. The molecule has 32 heteroatoms. The quantitative estimate of drug-likeness (QED) is 0.0380. The smallest absolute Gasteiger partial charge is 0.291 e. The minimum absolute atomic E-state index is 0.0592. The second-order valence-electron chi connectivity index (χ2n) is 27.4. The predicted molar refractivity (Wildman–Crippen MR) is 443 cm³/mol. The van der Waals surface area contributed by atoms with Gasteiger partial charge >= 0.3 is 0 Å². The fraction of sp³-hybridized carbons (Fsp3) is 0.0805. The van der Waals surface area contributed by atoms with Gasteiger partial charge in [-0.1, -0.05) is 48.5 Å². The molecular formula is C87H68F2N24O6. The zero-order valence-corrected chi connectivity index (χ0v) is 62.7. The van der Waals surface area contributed by atoms with Crippen molar-refractivity contribution in [3.8, 4) is 90.6 Å². The van der Waals surface area contributed by atoms with E-state index in [-0.39, 0.29) is 41.0 Å². The number of anilines is 3. The van der Waals surface area contributed by atoms with E-state index in [9.17, 15) is 28.0 Å². The second-order valence-corrected chi connectivity index (χ2v) is 27.4. The number of ether oxygens (including phenoxy) is 1. The molecule has 1 fully saturated rings. The van der Waals surface area contributed by atoms with Gasteiger partial charge in [0.1, 0.15) is 36.9 Å². The van der Waals surface area contributed by atoms with Crippen molar-refractivity contribution in [1.29, 1.82) is 0 Å². The lowest BCUT2D eigenvalue weighted by atomic mass is 9.96. The number of hydrogen-bond donors (Lipinski definition) is 12. The van der Waals surface area contributed by atoms with Gasteiger partial charge in [0.2, 0.25) is 0 Å². The highest BCUT2D eigenvalue weighted by Gasteiger charge is 2.20. The number of fused-ring (bicyclic) bond motifs is 4. The third-order valence-electron chi connectivity index (χ3n) is 19.8. The maximum atomic E-state index is 13.0. The first-order valence-electron chi connectivity index (χ1n) is 37.5. The first-order chi connectivity index (χ1) is 58.4. The third-order valence-corrected chi connectivity index (χ3v) is 19.8. The normalized spacial score (nSPS) is 11.9. The number of aromatic amines is 8. The standard InChI is InChI=1S/C23H24N6O2.2C22H15FN6O.C20H14N6O2/c30-23(24-9-6-15-7-10-31-11-8-15)18-3-1-2-16(12-18)21-19-13-17(22-25-14-26-29-22)4-5-20(19)27-28-21;23-16-6-1-14(2-7-16)22(30)26-17-8-3-13(4-9-17)20-18-11-15(21-24-12-25-29-21)5-10-19(18)27-28-20;23-16-6-8-17(9-7-16)26-22(30)14-3-1-13(2-4-14)20-18-11-15(21-24-12-25-29-21)5-10-19(18)27-28-20;27-20(17-2-1-9-28-17)23-14-6-3-12(4-7-14)18-15-10-13(19-21-11-22-26-19)5-8-16(15)24-25-18/h1-5,12-15H,6-11H2,(H,24,30)(H,27,28)(H,25,26,29);2*1-12H,(H,26,30)(H,27,28)(H,24,25,29);1-11H,(H,23,27)(H,24,25)(H,21,22,26). The number of furan rings is 1. The van der Waals surface area contributed by atoms with Gasteiger partial charge in [-0.15, -0.1) is 0 Å². The minimum atomic E-state index is -0.381. The van der Waals surface area contributed by atoms with Crippen molar-refractivity contribution < 1.29 is 37.1 Å². The molecule has 0 radical (unpaired) electrons. The molecule has 0 saturated carbocycles. The first-order valence-corrected chi connectivity index (χ1v) is 37.5. The molecule has 10 heterocycles. The van der Waals surface area contributed by atoms with Crippen molar-refractivity contribution >= 4 is 84.3 Å². The van der Waals surface area contributed by atoms with Crippen LogP contribution in [0.1, 0.15) is 60.9 Å². The number of amides is 4. The first kappa shape index (κ1) is 75.3. The average Bonchev–Trinajstić information content (AvgIpc) is 1.67. The van der Waals surface area contributed by atoms with E-state index in [1.165, 1.54) is 80.1 Å². The molecule has 30 nitrogen and oxygen atoms in total. The Morgan fingerprint density at radius 2 is 0.714 bits per heavy atom. The zero-order chi connectivity index (χ0) is 81.0. The minimum Gasteiger partial charge on any atom is -0.459 e. The van der Waals surface area contributed by atoms with Crippen LogP contribution in [-0.2, 0) is 4.74 Å². The van der Waals surface area contributed by atoms with E-state index in [4.69, 9.17) is 9.15 Å². The van der Waals surface area contributed by atoms with Crippen molar-refractivity contribution in [2.75, 3.05) is 35.7 Å². The molecule has 0 atom stereocenters. The molecule has 12 N–H and O–H groups in total. The summed E-state index contributed by atoms with van der Waals surface area (Å²) in [5.74, 6) is 2.00. The summed E-state index contributed by atoms with van der Waals surface area (Å²) in [6.45, 7) is 2.34. The highest BCUT2D eigenvalue weighted by atomic mass is 19.1. The molecule has 1 aliphatic rings. The summed E-state index contributed by atoms with van der Waals surface area (Å²) in [4.78, 5) is 66.3. The molecule has 0 unspecified atom stereocenters. The Balaban J connectivity index is 0.000000114. The molecule has 20 rings (SSSR count). The predicted octanol–water partition coefficient (Wildman–Crippen LogP) is 16.2. The van der Waals surface area contributed by atoms with Crippen LogP contribution in [0.3, 0.4) is 0 Å². The Kier molecular flexibility index (Phi) is 21.9. The van der Waals surface area contributed by atoms with E-state index >= 15 is 0 Å². The van der Waals surface area contributed by atoms with Gasteiger partial charge in [0.05, 0.1) is 51.1 Å². The van der Waals surface area contributed by atoms with Gasteiger partial charge in [0, 0.05) is 120 Å². The lowest BCUT2D eigenvalue weighted by Gasteiger charge is -2.21. The number of carbonyl (C=O) groups is 4. The fourth-order valence-corrected chi connectivity index (χ4v) is 13.6. The largest absolute Gasteiger partial charge is 0.459 e. The van der Waals surface area contributed by atoms with Gasteiger partial charge in [0.15, 0.2) is 29.1 Å². The van der Waals surface area contributed by atoms with Crippen LogP contribution in [0.5, 0.6) is 0 Å². The average molecular weight is 1580 g/mol. The van der Waals surface area contributed by atoms with E-state index in [1.807, 2.05) is 146 Å². The molecular weight excluding hydrogens is 1520 g/mol. The molecule has 19 aromatic rings. The molecule has 10 aromatic carbocycles. The van der Waals surface area contributed by atoms with Gasteiger partial charge < -0.3 is 30.4 Å². The summed E-state index contributed by atoms with van der Waals surface area (Å²) < 4.78 is 36.5. The monoisotopic (exact) mass is 1580 g/mol. The Labute approximate surface area is 672 Å². The summed E-state index contributed by atoms with van der Waals surface area (Å²) in [5.41, 5.74) is 17.4. The van der Waals surface area contributed by atoms with Crippen molar-refractivity contribution in [2.45, 2.75) is 19.3 Å². The highest BCUT2D eigenvalue weighted by Crippen LogP contribution is 2.36. The van der Waals surface area contributed by atoms with Crippen molar-refractivity contribution in [2.24, 2.45) is 5.92 Å². The maximum absolute atomic E-state index is 13.0. The molecule has 0 aliphatic carbocycles. The van der Waals surface area contributed by atoms with Gasteiger partial charge in [-0.3, -0.25) is 60.0 Å². The molecule has 586 valence electrons. The SMILES string of the molecule is O=C(NCCC1CCOCC1)c1cccc(-c2n[nH]c3ccc(-c4ncn[nH]4)cc23)c1.O=C(Nc1ccc(-c2n[nH]c3ccc(-c4ncn[nH]4)cc23)cc1)c1ccc(F)cc1.O=C(Nc1ccc(-c2n[nH]c3ccc(-c4ncn[nH]4)cc23)cc1)c1ccco1.O=C(Nc1ccc(F)cc1)c1ccc(-c2n[nH]c3ccc(-c4ncn[nH]4)cc23)cc1. The molecule has 0 bridgehead atoms. The Bertz CT molecular complexity index is 6690. The zero-order valence-electron chi connectivity index (χ0n) is 62.7. The van der Waals surface area contributed by atoms with Crippen LogP contribution in [-0.4, -0.2) is 145 Å². The number of H-pyrrole nitrogens is 8. The molecule has 4 amide bonds. The van der Waals surface area contributed by atoms with Gasteiger partial charge in [-0.2, -0.15) is 40.8 Å². The number of carbonyl (C=O) groups excluding carboxylic acids is 4. The molecule has 0 spiro atoms. The van der Waals surface area contributed by atoms with Crippen LogP contribution in [0.25, 0.3) is 134 Å². The van der Waals surface area contributed by atoms with Gasteiger partial charge in [0.25, 0.3) is 23.6 Å². The van der Waals surface area contributed by atoms with Crippen molar-refractivity contribution in [3.05, 3.63) is 296 Å². The number of hydrogen-bond acceptors (Lipinski definition) is 18. The summed E-state index contributed by atoms with van der Waals surface area (Å²) in [5, 5.41) is 72.3. The summed E-state index contributed by atoms with van der Waals surface area (Å²) in [6.07, 6.45) is 10.5. The van der Waals surface area contributed by atoms with Crippen LogP contribution >= 0.6 is 0 Å². The highest BCUT2D eigenvalue weighted by molar-refractivity contribution is 6.07. The van der Waals surface area contributed by atoms with Crippen LogP contribution < -0.4 is 21.3 Å². The molecule has 1 aliphatic heterocycles. The fourth-order valence-electron chi connectivity index (χ4n) is 13.6. The second kappa shape index (κ2) is 34.5. The topological polar surface area (TPSA) is 420 Å². The summed E-state index contributed by atoms with van der Waals surface area (Å²) >= 11 is 0. The summed E-state index contributed by atoms with van der Waals surface area (Å²) in [6, 6.07) is 67.6. The Morgan fingerprint density at radius 3 is 1.10 bits per heavy atom. The van der Waals surface area contributed by atoms with Crippen molar-refractivity contribution in [3.63, 3.8) is 0 Å². The number of halogens is 2. The number of nitrogens with one attached hydrogen (secondary N) is 12. The van der Waals surface area contributed by atoms with E-state index in [0.717, 1.165) is 143 Å². The number of aromatic nitrogens is 20. The number of rotatable bonds is 18. The van der Waals surface area contributed by atoms with E-state index in [1.54, 1.807) is 36.4 Å². The third kappa shape index (κ3) is 17.4. The van der Waals surface area contributed by atoms with Crippen LogP contribution in [0.2, 0.25) is 0 Å². The van der Waals surface area contributed by atoms with E-state index < -0.39 is 0 Å². The lowest BCUT2D eigenvalue weighted by molar-refractivity contribution is 0.0636.